The highest BCUT2D eigenvalue weighted by Crippen LogP contribution is 2.33. The second-order valence-corrected chi connectivity index (χ2v) is 7.98. The number of nitrogens with one attached hydrogen (secondary N) is 1. The molecule has 0 fully saturated rings. The molecule has 1 aliphatic rings. The van der Waals surface area contributed by atoms with Crippen LogP contribution >= 0.6 is 11.8 Å². The molecule has 0 unspecified atom stereocenters. The van der Waals surface area contributed by atoms with E-state index in [-0.39, 0.29) is 4.90 Å². The van der Waals surface area contributed by atoms with E-state index in [9.17, 15) is 8.42 Å². The summed E-state index contributed by atoms with van der Waals surface area (Å²) in [6.07, 6.45) is 0.751. The number of benzene rings is 2. The average molecular weight is 376 g/mol. The van der Waals surface area contributed by atoms with E-state index in [1.54, 1.807) is 31.2 Å². The maximum Gasteiger partial charge on any atom is 0.262 e. The van der Waals surface area contributed by atoms with Gasteiger partial charge in [-0.3, -0.25) is 4.72 Å². The van der Waals surface area contributed by atoms with Crippen molar-refractivity contribution in [2.75, 3.05) is 17.9 Å². The summed E-state index contributed by atoms with van der Waals surface area (Å²) in [5.74, 6) is 0.975. The second-order valence-electron chi connectivity index (χ2n) is 5.43. The Labute approximate surface area is 150 Å². The minimum absolute atomic E-state index is 0.103. The van der Waals surface area contributed by atoms with Crippen LogP contribution in [-0.2, 0) is 10.0 Å². The number of fused-ring (bicyclic) bond motifs is 1. The molecule has 1 N–H and O–H groups in total. The van der Waals surface area contributed by atoms with Gasteiger partial charge in [0.05, 0.1) is 23.8 Å². The van der Waals surface area contributed by atoms with Gasteiger partial charge in [0.1, 0.15) is 5.40 Å². The number of hydrogen-bond acceptors (Lipinski definition) is 6. The lowest BCUT2D eigenvalue weighted by molar-refractivity contribution is 0.297. The molecule has 0 saturated carbocycles. The number of nitrogens with zero attached hydrogens (tertiary/aromatic N) is 1. The van der Waals surface area contributed by atoms with E-state index in [0.29, 0.717) is 30.4 Å². The Hall–Kier alpha value is -2.37. The second kappa shape index (κ2) is 7.25. The van der Waals surface area contributed by atoms with Crippen molar-refractivity contribution in [3.05, 3.63) is 42.0 Å². The topological polar surface area (TPSA) is 88.4 Å². The molecule has 0 amide bonds. The van der Waals surface area contributed by atoms with Crippen LogP contribution < -0.4 is 14.2 Å². The highest BCUT2D eigenvalue weighted by Gasteiger charge is 2.19. The summed E-state index contributed by atoms with van der Waals surface area (Å²) in [6, 6.07) is 9.68. The maximum atomic E-state index is 12.7. The lowest BCUT2D eigenvalue weighted by atomic mass is 10.2. The first kappa shape index (κ1) is 17.5. The van der Waals surface area contributed by atoms with Crippen molar-refractivity contribution >= 4 is 27.5 Å². The Bertz CT molecular complexity index is 936. The Morgan fingerprint density at radius 3 is 2.60 bits per heavy atom. The van der Waals surface area contributed by atoms with Gasteiger partial charge in [0.25, 0.3) is 10.0 Å². The van der Waals surface area contributed by atoms with E-state index in [2.05, 4.69) is 4.72 Å². The lowest BCUT2D eigenvalue weighted by Gasteiger charge is -2.13. The van der Waals surface area contributed by atoms with E-state index in [1.807, 2.05) is 5.40 Å². The van der Waals surface area contributed by atoms with Crippen molar-refractivity contribution in [3.8, 4) is 16.9 Å². The molecule has 0 atom stereocenters. The fraction of sp³-hybridized carbons (Fsp3) is 0.235. The van der Waals surface area contributed by atoms with Gasteiger partial charge in [0, 0.05) is 17.4 Å². The number of thiocyanates is 1. The van der Waals surface area contributed by atoms with Gasteiger partial charge in [0.15, 0.2) is 11.5 Å². The normalized spacial score (nSPS) is 13.6. The average Bonchev–Trinajstić information content (AvgIpc) is 2.82. The molecule has 0 saturated heterocycles. The van der Waals surface area contributed by atoms with Gasteiger partial charge in [-0.05, 0) is 54.6 Å². The first-order valence-corrected chi connectivity index (χ1v) is 9.88. The largest absolute Gasteiger partial charge is 0.490 e. The van der Waals surface area contributed by atoms with Gasteiger partial charge >= 0.3 is 0 Å². The van der Waals surface area contributed by atoms with Gasteiger partial charge in [-0.2, -0.15) is 5.26 Å². The Morgan fingerprint density at radius 2 is 1.88 bits per heavy atom. The van der Waals surface area contributed by atoms with E-state index in [1.165, 1.54) is 12.1 Å². The van der Waals surface area contributed by atoms with Gasteiger partial charge in [-0.25, -0.2) is 8.42 Å². The monoisotopic (exact) mass is 376 g/mol. The van der Waals surface area contributed by atoms with Crippen LogP contribution in [0, 0.1) is 17.6 Å². The van der Waals surface area contributed by atoms with Crippen LogP contribution in [0.2, 0.25) is 0 Å². The zero-order valence-corrected chi connectivity index (χ0v) is 15.1. The van der Waals surface area contributed by atoms with Gasteiger partial charge in [-0.15, -0.1) is 0 Å². The molecule has 3 rings (SSSR count). The predicted molar refractivity (Wildman–Crippen MR) is 95.5 cm³/mol. The highest BCUT2D eigenvalue weighted by atomic mass is 32.2. The van der Waals surface area contributed by atoms with Crippen molar-refractivity contribution in [1.82, 2.24) is 0 Å². The van der Waals surface area contributed by atoms with Crippen LogP contribution in [0.5, 0.6) is 11.5 Å². The summed E-state index contributed by atoms with van der Waals surface area (Å²) in [4.78, 5) is 0.866. The predicted octanol–water partition coefficient (Wildman–Crippen LogP) is 3.53. The molecule has 25 heavy (non-hydrogen) atoms. The third-order valence-electron chi connectivity index (χ3n) is 3.63. The van der Waals surface area contributed by atoms with E-state index < -0.39 is 10.0 Å². The first-order chi connectivity index (χ1) is 12.0. The number of thioether (sulfide) groups is 1. The van der Waals surface area contributed by atoms with Crippen LogP contribution in [0.4, 0.5) is 5.69 Å². The molecule has 2 aromatic rings. The van der Waals surface area contributed by atoms with Gasteiger partial charge in [0.2, 0.25) is 0 Å². The van der Waals surface area contributed by atoms with E-state index in [0.717, 1.165) is 28.6 Å². The lowest BCUT2D eigenvalue weighted by Crippen LogP contribution is -2.14. The number of hydrogen-bond donors (Lipinski definition) is 1. The van der Waals surface area contributed by atoms with Crippen molar-refractivity contribution in [3.63, 3.8) is 0 Å². The number of nitriles is 1. The molecule has 0 spiro atoms. The van der Waals surface area contributed by atoms with Crippen LogP contribution in [0.15, 0.2) is 46.2 Å². The Balaban J connectivity index is 1.87. The number of ether oxygens (including phenoxy) is 2. The van der Waals surface area contributed by atoms with Gasteiger partial charge in [-0.1, -0.05) is 0 Å². The molecular formula is C17H16N2O4S2. The third kappa shape index (κ3) is 4.00. The third-order valence-corrected chi connectivity index (χ3v) is 5.58. The first-order valence-electron chi connectivity index (χ1n) is 7.59. The molecule has 0 bridgehead atoms. The summed E-state index contributed by atoms with van der Waals surface area (Å²) in [6.45, 7) is 2.82. The number of rotatable bonds is 4. The van der Waals surface area contributed by atoms with Crippen molar-refractivity contribution in [2.45, 2.75) is 23.1 Å². The molecule has 0 radical (unpaired) electrons. The van der Waals surface area contributed by atoms with Crippen LogP contribution in [0.1, 0.15) is 12.0 Å². The highest BCUT2D eigenvalue weighted by molar-refractivity contribution is 8.03. The van der Waals surface area contributed by atoms with Crippen LogP contribution in [0.3, 0.4) is 0 Å². The van der Waals surface area contributed by atoms with Crippen molar-refractivity contribution in [1.29, 1.82) is 5.26 Å². The van der Waals surface area contributed by atoms with Crippen LogP contribution in [-0.4, -0.2) is 21.6 Å². The molecule has 130 valence electrons. The Kier molecular flexibility index (Phi) is 5.06. The number of anilines is 1. The SMILES string of the molecule is Cc1cc(SC#N)ccc1NS(=O)(=O)c1ccc2c(c1)OCCCO2. The zero-order chi connectivity index (χ0) is 17.9. The van der Waals surface area contributed by atoms with Gasteiger partial charge < -0.3 is 9.47 Å². The molecular weight excluding hydrogens is 360 g/mol. The summed E-state index contributed by atoms with van der Waals surface area (Å²) >= 11 is 1.03. The van der Waals surface area contributed by atoms with E-state index >= 15 is 0 Å². The number of sulfonamides is 1. The summed E-state index contributed by atoms with van der Waals surface area (Å²) in [5, 5.41) is 10.7. The van der Waals surface area contributed by atoms with Crippen molar-refractivity contribution < 1.29 is 17.9 Å². The molecule has 6 nitrogen and oxygen atoms in total. The van der Waals surface area contributed by atoms with E-state index in [4.69, 9.17) is 14.7 Å². The minimum atomic E-state index is -3.76. The smallest absolute Gasteiger partial charge is 0.262 e. The summed E-state index contributed by atoms with van der Waals surface area (Å²) in [7, 11) is -3.76. The standard InChI is InChI=1S/C17H16N2O4S2/c1-12-9-13(24-11-18)3-5-15(12)19-25(20,21)14-4-6-16-17(10-14)23-8-2-7-22-16/h3-6,9-10,19H,2,7-8H2,1H3. The summed E-state index contributed by atoms with van der Waals surface area (Å²) < 4.78 is 39.0. The molecule has 1 aliphatic heterocycles. The molecule has 0 aliphatic carbocycles. The minimum Gasteiger partial charge on any atom is -0.490 e. The quantitative estimate of drug-likeness (QED) is 0.649. The van der Waals surface area contributed by atoms with Crippen molar-refractivity contribution in [2.24, 2.45) is 0 Å². The Morgan fingerprint density at radius 1 is 1.12 bits per heavy atom. The number of aryl methyl sites for hydroxylation is 1. The fourth-order valence-corrected chi connectivity index (χ4v) is 4.00. The molecule has 2 aromatic carbocycles. The molecule has 0 aromatic heterocycles. The summed E-state index contributed by atoms with van der Waals surface area (Å²) in [5.41, 5.74) is 1.20. The van der Waals surface area contributed by atoms with Crippen LogP contribution in [0.25, 0.3) is 0 Å². The fourth-order valence-electron chi connectivity index (χ4n) is 2.38. The molecule has 1 heterocycles. The zero-order valence-electron chi connectivity index (χ0n) is 13.5. The maximum absolute atomic E-state index is 12.7. The molecule has 8 heteroatoms.